The molecule has 2 aliphatic rings. The van der Waals surface area contributed by atoms with Crippen molar-refractivity contribution in [3.8, 4) is 0 Å². The minimum Gasteiger partial charge on any atom is -0.394 e. The van der Waals surface area contributed by atoms with Crippen LogP contribution in [0.4, 0.5) is 0 Å². The van der Waals surface area contributed by atoms with E-state index in [1.54, 1.807) is 0 Å². The van der Waals surface area contributed by atoms with Crippen molar-refractivity contribution in [3.05, 3.63) is 0 Å². The third kappa shape index (κ3) is 7.38. The van der Waals surface area contributed by atoms with E-state index in [1.165, 1.54) is 19.3 Å². The van der Waals surface area contributed by atoms with E-state index < -0.39 is 78.9 Å². The third-order valence-electron chi connectivity index (χ3n) is 7.17. The molecule has 0 aromatic heterocycles. The summed E-state index contributed by atoms with van der Waals surface area (Å²) in [7, 11) is 0. The summed E-state index contributed by atoms with van der Waals surface area (Å²) >= 11 is 6.29. The first kappa shape index (κ1) is 32.7. The smallest absolute Gasteiger partial charge is 0.205 e. The molecule has 2 heterocycles. The Balaban J connectivity index is 2.02. The Morgan fingerprint density at radius 2 is 1.46 bits per heavy atom. The zero-order valence-electron chi connectivity index (χ0n) is 21.2. The topological polar surface area (TPSA) is 207 Å². The molecule has 0 amide bonds. The normalized spacial score (nSPS) is 40.6. The molecule has 8 N–H and O–H groups in total. The Kier molecular flexibility index (Phi) is 13.1. The van der Waals surface area contributed by atoms with Crippen molar-refractivity contribution in [1.82, 2.24) is 0 Å². The quantitative estimate of drug-likeness (QED) is 0.0902. The van der Waals surface area contributed by atoms with E-state index >= 15 is 0 Å². The molecule has 10 atom stereocenters. The average molecular weight is 559 g/mol. The lowest BCUT2D eigenvalue weighted by atomic mass is 9.78. The highest BCUT2D eigenvalue weighted by molar-refractivity contribution is 6.26. The van der Waals surface area contributed by atoms with Gasteiger partial charge in [0.2, 0.25) is 5.06 Å². The lowest BCUT2D eigenvalue weighted by Crippen LogP contribution is -2.75. The second-order valence-corrected chi connectivity index (χ2v) is 10.5. The molecule has 2 fully saturated rings. The van der Waals surface area contributed by atoms with Crippen LogP contribution >= 0.6 is 11.6 Å². The molecule has 0 bridgehead atoms. The number of ether oxygens (including phenoxy) is 3. The van der Waals surface area contributed by atoms with Crippen molar-refractivity contribution >= 4 is 17.4 Å². The zero-order chi connectivity index (χ0) is 27.8. The number of carbonyl (C=O) groups excluding carboxylic acids is 1. The van der Waals surface area contributed by atoms with E-state index in [9.17, 15) is 45.6 Å². The van der Waals surface area contributed by atoms with Gasteiger partial charge in [-0.1, -0.05) is 69.9 Å². The summed E-state index contributed by atoms with van der Waals surface area (Å²) in [5, 5.41) is 79.1. The molecule has 2 rings (SSSR count). The van der Waals surface area contributed by atoms with Gasteiger partial charge in [-0.15, -0.1) is 0 Å². The van der Waals surface area contributed by atoms with Crippen LogP contribution in [0.3, 0.4) is 0 Å². The summed E-state index contributed by atoms with van der Waals surface area (Å²) in [6, 6.07) is 0. The molecule has 0 saturated carbocycles. The number of alkyl halides is 1. The van der Waals surface area contributed by atoms with Gasteiger partial charge < -0.3 is 55.1 Å². The number of carbonyl (C=O) groups is 1. The van der Waals surface area contributed by atoms with Gasteiger partial charge in [0.05, 0.1) is 13.2 Å². The molecular formula is C24H43ClO12. The fourth-order valence-electron chi connectivity index (χ4n) is 4.78. The molecule has 12 nitrogen and oxygen atoms in total. The summed E-state index contributed by atoms with van der Waals surface area (Å²) in [5.74, 6) is -0.933. The largest absolute Gasteiger partial charge is 0.394 e. The van der Waals surface area contributed by atoms with E-state index in [1.807, 2.05) is 0 Å². The molecule has 2 saturated heterocycles. The van der Waals surface area contributed by atoms with Gasteiger partial charge in [0.15, 0.2) is 24.0 Å². The Morgan fingerprint density at radius 3 is 2.00 bits per heavy atom. The Hall–Kier alpha value is -0.480. The Labute approximate surface area is 221 Å². The van der Waals surface area contributed by atoms with Crippen molar-refractivity contribution in [1.29, 1.82) is 0 Å². The predicted octanol–water partition coefficient (Wildman–Crippen LogP) is -0.970. The summed E-state index contributed by atoms with van der Waals surface area (Å²) in [6.07, 6.45) is -6.10. The van der Waals surface area contributed by atoms with Gasteiger partial charge in [-0.2, -0.15) is 0 Å². The summed E-state index contributed by atoms with van der Waals surface area (Å²) in [6.45, 7) is 0.217. The van der Waals surface area contributed by atoms with Crippen molar-refractivity contribution < 1.29 is 59.9 Å². The van der Waals surface area contributed by atoms with Crippen LogP contribution in [-0.2, 0) is 19.0 Å². The standard InChI is InChI=1S/C24H43ClO12/c1-2-3-4-5-6-7-8-9-10-11-15(28)24(34)20(32)18(31)22(37-23(24,25)13-27)36-19-14(12-26)35-21(33)17(30)16(19)29/h14,16-22,26-27,29-34H,2-13H2,1H3/t14-,16-,17-,18-,19-,20+,21-,22+,23+,24+/m1/s1. The fraction of sp³-hybridized carbons (Fsp3) is 0.958. The highest BCUT2D eigenvalue weighted by atomic mass is 35.5. The van der Waals surface area contributed by atoms with E-state index in [0.717, 1.165) is 25.7 Å². The van der Waals surface area contributed by atoms with Crippen LogP contribution in [0.5, 0.6) is 0 Å². The maximum Gasteiger partial charge on any atom is 0.205 e. The van der Waals surface area contributed by atoms with Gasteiger partial charge >= 0.3 is 0 Å². The van der Waals surface area contributed by atoms with Crippen LogP contribution in [0.25, 0.3) is 0 Å². The summed E-state index contributed by atoms with van der Waals surface area (Å²) in [5.41, 5.74) is -2.89. The molecule has 0 aromatic rings. The van der Waals surface area contributed by atoms with Gasteiger partial charge in [0, 0.05) is 6.42 Å². The van der Waals surface area contributed by atoms with Crippen molar-refractivity contribution in [3.63, 3.8) is 0 Å². The number of halogens is 1. The van der Waals surface area contributed by atoms with Crippen molar-refractivity contribution in [2.75, 3.05) is 13.2 Å². The van der Waals surface area contributed by atoms with E-state index in [4.69, 9.17) is 25.8 Å². The Morgan fingerprint density at radius 1 is 0.892 bits per heavy atom. The molecule has 0 aromatic carbocycles. The number of hydrogen-bond acceptors (Lipinski definition) is 12. The van der Waals surface area contributed by atoms with Crippen LogP contribution in [-0.4, -0.2) is 120 Å². The third-order valence-corrected chi connectivity index (χ3v) is 7.67. The molecule has 37 heavy (non-hydrogen) atoms. The first-order chi connectivity index (χ1) is 17.5. The maximum absolute atomic E-state index is 13.0. The molecule has 0 radical (unpaired) electrons. The van der Waals surface area contributed by atoms with Gasteiger partial charge in [-0.3, -0.25) is 4.79 Å². The number of ketones is 1. The lowest BCUT2D eigenvalue weighted by Gasteiger charge is -2.52. The van der Waals surface area contributed by atoms with Crippen LogP contribution in [0, 0.1) is 0 Å². The monoisotopic (exact) mass is 558 g/mol. The van der Waals surface area contributed by atoms with E-state index in [0.29, 0.717) is 12.8 Å². The van der Waals surface area contributed by atoms with Crippen LogP contribution in [0.2, 0.25) is 0 Å². The van der Waals surface area contributed by atoms with Crippen LogP contribution in [0.15, 0.2) is 0 Å². The molecule has 0 aliphatic carbocycles. The number of Topliss-reactive ketones (excluding diaryl/α,β-unsaturated/α-hetero) is 1. The molecule has 2 aliphatic heterocycles. The number of rotatable bonds is 15. The van der Waals surface area contributed by atoms with Gasteiger partial charge in [0.1, 0.15) is 36.6 Å². The summed E-state index contributed by atoms with van der Waals surface area (Å²) in [4.78, 5) is 13.0. The zero-order valence-corrected chi connectivity index (χ0v) is 21.9. The van der Waals surface area contributed by atoms with E-state index in [2.05, 4.69) is 6.92 Å². The number of aliphatic hydroxyl groups is 8. The maximum atomic E-state index is 13.0. The van der Waals surface area contributed by atoms with Gasteiger partial charge in [-0.05, 0) is 6.42 Å². The lowest BCUT2D eigenvalue weighted by molar-refractivity contribution is -0.372. The average Bonchev–Trinajstić information content (AvgIpc) is 2.89. The Bertz CT molecular complexity index is 699. The number of hydrogen-bond donors (Lipinski definition) is 8. The fourth-order valence-corrected chi connectivity index (χ4v) is 5.08. The second-order valence-electron chi connectivity index (χ2n) is 9.91. The number of unbranched alkanes of at least 4 members (excludes halogenated alkanes) is 8. The molecular weight excluding hydrogens is 516 g/mol. The second kappa shape index (κ2) is 14.8. The van der Waals surface area contributed by atoms with Gasteiger partial charge in [-0.25, -0.2) is 0 Å². The predicted molar refractivity (Wildman–Crippen MR) is 129 cm³/mol. The van der Waals surface area contributed by atoms with Crippen molar-refractivity contribution in [2.24, 2.45) is 0 Å². The van der Waals surface area contributed by atoms with Gasteiger partial charge in [0.25, 0.3) is 0 Å². The van der Waals surface area contributed by atoms with Crippen LogP contribution < -0.4 is 0 Å². The van der Waals surface area contributed by atoms with E-state index in [-0.39, 0.29) is 6.42 Å². The summed E-state index contributed by atoms with van der Waals surface area (Å²) < 4.78 is 15.8. The van der Waals surface area contributed by atoms with Crippen molar-refractivity contribution in [2.45, 2.75) is 131 Å². The highest BCUT2D eigenvalue weighted by Crippen LogP contribution is 2.43. The first-order valence-electron chi connectivity index (χ1n) is 13.0. The molecule has 218 valence electrons. The first-order valence-corrected chi connectivity index (χ1v) is 13.4. The highest BCUT2D eigenvalue weighted by Gasteiger charge is 2.67. The molecule has 0 unspecified atom stereocenters. The number of aliphatic hydroxyl groups excluding tert-OH is 7. The molecule has 13 heteroatoms. The van der Waals surface area contributed by atoms with Crippen LogP contribution in [0.1, 0.15) is 71.1 Å². The minimum absolute atomic E-state index is 0.189. The molecule has 0 spiro atoms. The minimum atomic E-state index is -2.89. The SMILES string of the molecule is CCCCCCCCCCCC(=O)[C@]1(O)[C@@H](O)[C@@H](O)[C@@H](O[C@H]2[C@H](O)[C@@H](O)[C@H](O)O[C@@H]2CO)O[C@@]1(Cl)CO.